The van der Waals surface area contributed by atoms with Crippen molar-refractivity contribution in [1.82, 2.24) is 4.98 Å². The van der Waals surface area contributed by atoms with Crippen LogP contribution in [0, 0.1) is 0 Å². The average Bonchev–Trinajstić information content (AvgIpc) is 2.19. The van der Waals surface area contributed by atoms with Gasteiger partial charge in [0.15, 0.2) is 6.29 Å². The summed E-state index contributed by atoms with van der Waals surface area (Å²) in [6.07, 6.45) is -3.56. The Kier molecular flexibility index (Phi) is 3.33. The summed E-state index contributed by atoms with van der Waals surface area (Å²) in [7, 11) is 0. The first kappa shape index (κ1) is 12.2. The lowest BCUT2D eigenvalue weighted by atomic mass is 10.1. The van der Waals surface area contributed by atoms with E-state index in [4.69, 9.17) is 11.5 Å². The number of carbonyl (C=O) groups is 1. The minimum Gasteiger partial charge on any atom is -0.394 e. The van der Waals surface area contributed by atoms with Crippen LogP contribution in [-0.4, -0.2) is 17.6 Å². The van der Waals surface area contributed by atoms with Gasteiger partial charge in [0.05, 0.1) is 0 Å². The predicted octanol–water partition coefficient (Wildman–Crippen LogP) is 0.834. The monoisotopic (exact) mass is 235 g/mol. The highest BCUT2D eigenvalue weighted by Gasteiger charge is 2.33. The van der Waals surface area contributed by atoms with Crippen molar-refractivity contribution in [2.45, 2.75) is 12.9 Å². The van der Waals surface area contributed by atoms with Crippen LogP contribution in [-0.2, 0) is 6.54 Å². The van der Waals surface area contributed by atoms with Crippen molar-refractivity contribution in [2.75, 3.05) is 5.73 Å². The van der Waals surface area contributed by atoms with Gasteiger partial charge in [-0.2, -0.15) is 0 Å². The number of nitrogens with two attached hydrogens (primary N) is 2. The lowest BCUT2D eigenvalue weighted by Crippen LogP contribution is -2.20. The maximum Gasteiger partial charge on any atom is 0.574 e. The molecule has 0 aliphatic rings. The number of rotatable bonds is 3. The molecule has 0 aromatic carbocycles. The maximum atomic E-state index is 11.9. The zero-order chi connectivity index (χ0) is 12.3. The number of aldehydes is 1. The first-order valence-electron chi connectivity index (χ1n) is 4.07. The molecule has 0 saturated heterocycles. The fourth-order valence-electron chi connectivity index (χ4n) is 1.08. The number of hydrogen-bond donors (Lipinski definition) is 2. The van der Waals surface area contributed by atoms with Gasteiger partial charge in [-0.05, 0) is 0 Å². The van der Waals surface area contributed by atoms with Crippen molar-refractivity contribution in [3.63, 3.8) is 0 Å². The van der Waals surface area contributed by atoms with E-state index in [1.54, 1.807) is 0 Å². The van der Waals surface area contributed by atoms with Crippen LogP contribution in [0.5, 0.6) is 5.88 Å². The Balaban J connectivity index is 3.19. The Bertz CT molecular complexity index is 406. The van der Waals surface area contributed by atoms with E-state index in [1.807, 2.05) is 0 Å². The molecule has 0 amide bonds. The van der Waals surface area contributed by atoms with Gasteiger partial charge < -0.3 is 16.2 Å². The molecule has 0 spiro atoms. The Morgan fingerprint density at radius 3 is 2.56 bits per heavy atom. The quantitative estimate of drug-likeness (QED) is 0.757. The van der Waals surface area contributed by atoms with Gasteiger partial charge in [0, 0.05) is 23.9 Å². The molecule has 1 aromatic rings. The van der Waals surface area contributed by atoms with Gasteiger partial charge in [-0.1, -0.05) is 0 Å². The van der Waals surface area contributed by atoms with Gasteiger partial charge in [0.2, 0.25) is 5.88 Å². The largest absolute Gasteiger partial charge is 0.574 e. The second-order valence-corrected chi connectivity index (χ2v) is 2.78. The molecular formula is C8H8F3N3O2. The molecule has 1 heterocycles. The summed E-state index contributed by atoms with van der Waals surface area (Å²) in [4.78, 5) is 13.8. The zero-order valence-electron chi connectivity index (χ0n) is 7.91. The number of alkyl halides is 3. The van der Waals surface area contributed by atoms with Gasteiger partial charge in [-0.25, -0.2) is 4.98 Å². The summed E-state index contributed by atoms with van der Waals surface area (Å²) in [6, 6.07) is 0. The fourth-order valence-corrected chi connectivity index (χ4v) is 1.08. The summed E-state index contributed by atoms with van der Waals surface area (Å²) in [5.41, 5.74) is 10.3. The molecule has 0 aliphatic carbocycles. The van der Waals surface area contributed by atoms with Crippen LogP contribution >= 0.6 is 0 Å². The fraction of sp³-hybridized carbons (Fsp3) is 0.250. The summed E-state index contributed by atoms with van der Waals surface area (Å²) >= 11 is 0. The normalized spacial score (nSPS) is 11.2. The Hall–Kier alpha value is -1.83. The van der Waals surface area contributed by atoms with Crippen LogP contribution in [0.1, 0.15) is 15.9 Å². The van der Waals surface area contributed by atoms with Crippen LogP contribution in [0.4, 0.5) is 18.9 Å². The Morgan fingerprint density at radius 1 is 1.50 bits per heavy atom. The van der Waals surface area contributed by atoms with Gasteiger partial charge in [0.25, 0.3) is 0 Å². The van der Waals surface area contributed by atoms with E-state index in [9.17, 15) is 18.0 Å². The summed E-state index contributed by atoms with van der Waals surface area (Å²) < 4.78 is 39.3. The van der Waals surface area contributed by atoms with Crippen molar-refractivity contribution in [3.05, 3.63) is 17.3 Å². The molecule has 1 aromatic heterocycles. The summed E-state index contributed by atoms with van der Waals surface area (Å²) in [5, 5.41) is 0. The number of ether oxygens (including phenoxy) is 1. The Morgan fingerprint density at radius 2 is 2.12 bits per heavy atom. The maximum absolute atomic E-state index is 11.9. The van der Waals surface area contributed by atoms with Crippen LogP contribution in [0.2, 0.25) is 0 Å². The highest BCUT2D eigenvalue weighted by molar-refractivity contribution is 5.80. The summed E-state index contributed by atoms with van der Waals surface area (Å²) in [5.74, 6) is -0.807. The second-order valence-electron chi connectivity index (χ2n) is 2.78. The number of anilines is 1. The third kappa shape index (κ3) is 2.60. The molecule has 5 nitrogen and oxygen atoms in total. The lowest BCUT2D eigenvalue weighted by molar-refractivity contribution is -0.275. The molecule has 16 heavy (non-hydrogen) atoms. The van der Waals surface area contributed by atoms with Gasteiger partial charge in [-0.3, -0.25) is 4.79 Å². The number of nitrogen functional groups attached to an aromatic ring is 1. The number of pyridine rings is 1. The van der Waals surface area contributed by atoms with E-state index in [1.165, 1.54) is 0 Å². The molecule has 0 bridgehead atoms. The molecule has 8 heteroatoms. The van der Waals surface area contributed by atoms with Crippen molar-refractivity contribution in [1.29, 1.82) is 0 Å². The Labute approximate surface area is 88.2 Å². The molecular weight excluding hydrogens is 227 g/mol. The number of aromatic nitrogens is 1. The third-order valence-corrected chi connectivity index (χ3v) is 1.77. The molecule has 0 atom stereocenters. The molecule has 0 fully saturated rings. The molecule has 0 aliphatic heterocycles. The minimum atomic E-state index is -4.89. The van der Waals surface area contributed by atoms with Crippen LogP contribution in [0.3, 0.4) is 0 Å². The first-order valence-corrected chi connectivity index (χ1v) is 4.07. The van der Waals surface area contributed by atoms with E-state index in [-0.39, 0.29) is 23.4 Å². The highest BCUT2D eigenvalue weighted by atomic mass is 19.4. The second kappa shape index (κ2) is 4.35. The zero-order valence-corrected chi connectivity index (χ0v) is 7.91. The smallest absolute Gasteiger partial charge is 0.394 e. The number of carbonyl (C=O) groups excluding carboxylic acids is 1. The number of halogens is 3. The average molecular weight is 235 g/mol. The molecule has 0 unspecified atom stereocenters. The predicted molar refractivity (Wildman–Crippen MR) is 48.6 cm³/mol. The van der Waals surface area contributed by atoms with E-state index < -0.39 is 12.2 Å². The van der Waals surface area contributed by atoms with Crippen LogP contribution < -0.4 is 16.2 Å². The van der Waals surface area contributed by atoms with Gasteiger partial charge in [0.1, 0.15) is 5.69 Å². The van der Waals surface area contributed by atoms with E-state index in [2.05, 4.69) is 9.72 Å². The minimum absolute atomic E-state index is 0.0366. The van der Waals surface area contributed by atoms with Crippen LogP contribution in [0.15, 0.2) is 6.20 Å². The molecule has 4 N–H and O–H groups in total. The van der Waals surface area contributed by atoms with E-state index in [0.717, 1.165) is 6.20 Å². The highest BCUT2D eigenvalue weighted by Crippen LogP contribution is 2.29. The standard InChI is InChI=1S/C8H8F3N3O2/c9-8(10,11)16-7-6(13)5(1-12)4(3-15)2-14-7/h2-3H,1,12-13H2. The van der Waals surface area contributed by atoms with E-state index >= 15 is 0 Å². The number of hydrogen-bond acceptors (Lipinski definition) is 5. The third-order valence-electron chi connectivity index (χ3n) is 1.77. The van der Waals surface area contributed by atoms with Crippen molar-refractivity contribution in [2.24, 2.45) is 5.73 Å². The molecule has 0 saturated carbocycles. The molecule has 88 valence electrons. The van der Waals surface area contributed by atoms with Crippen molar-refractivity contribution < 1.29 is 22.7 Å². The van der Waals surface area contributed by atoms with Crippen molar-refractivity contribution in [3.8, 4) is 5.88 Å². The summed E-state index contributed by atoms with van der Waals surface area (Å²) in [6.45, 7) is -0.184. The molecule has 1 rings (SSSR count). The van der Waals surface area contributed by atoms with E-state index in [0.29, 0.717) is 6.29 Å². The van der Waals surface area contributed by atoms with Crippen LogP contribution in [0.25, 0.3) is 0 Å². The lowest BCUT2D eigenvalue weighted by Gasteiger charge is -2.13. The topological polar surface area (TPSA) is 91.2 Å². The molecule has 0 radical (unpaired) electrons. The number of nitrogens with zero attached hydrogens (tertiary/aromatic N) is 1. The first-order chi connectivity index (χ1) is 7.39. The van der Waals surface area contributed by atoms with Gasteiger partial charge in [-0.15, -0.1) is 13.2 Å². The van der Waals surface area contributed by atoms with Gasteiger partial charge >= 0.3 is 6.36 Å². The SMILES string of the molecule is NCc1c(C=O)cnc(OC(F)(F)F)c1N. The van der Waals surface area contributed by atoms with Crippen molar-refractivity contribution >= 4 is 12.0 Å².